The summed E-state index contributed by atoms with van der Waals surface area (Å²) in [5.74, 6) is 0. The summed E-state index contributed by atoms with van der Waals surface area (Å²) in [5, 5.41) is 7.55. The molecule has 0 atom stereocenters. The van der Waals surface area contributed by atoms with Crippen LogP contribution in [0.2, 0.25) is 0 Å². The highest BCUT2D eigenvalue weighted by Crippen LogP contribution is 2.41. The molecule has 0 aromatic heterocycles. The number of rotatable bonds is 5. The Morgan fingerprint density at radius 1 is 1.32 bits per heavy atom. The summed E-state index contributed by atoms with van der Waals surface area (Å²) in [4.78, 5) is 11.4. The van der Waals surface area contributed by atoms with Crippen LogP contribution in [-0.4, -0.2) is 25.8 Å². The molecular formula is C12H16N2O4S. The number of primary sulfonamides is 1. The van der Waals surface area contributed by atoms with Crippen LogP contribution in [0.25, 0.3) is 0 Å². The second-order valence-corrected chi connectivity index (χ2v) is 6.60. The van der Waals surface area contributed by atoms with Gasteiger partial charge in [0.15, 0.2) is 0 Å². The lowest BCUT2D eigenvalue weighted by molar-refractivity contribution is 0.139. The first-order valence-electron chi connectivity index (χ1n) is 5.90. The highest BCUT2D eigenvalue weighted by atomic mass is 32.2. The number of hydrogen-bond acceptors (Lipinski definition) is 4. The van der Waals surface area contributed by atoms with E-state index in [1.165, 1.54) is 0 Å². The number of nitrogens with one attached hydrogen (secondary N) is 1. The van der Waals surface area contributed by atoms with Crippen LogP contribution < -0.4 is 10.5 Å². The molecule has 2 rings (SSSR count). The summed E-state index contributed by atoms with van der Waals surface area (Å²) in [6.45, 7) is 0.147. The molecule has 1 saturated carbocycles. The van der Waals surface area contributed by atoms with Gasteiger partial charge in [-0.25, -0.2) is 18.4 Å². The molecule has 1 amide bonds. The number of carbonyl (C=O) groups is 1. The van der Waals surface area contributed by atoms with Gasteiger partial charge in [0, 0.05) is 6.54 Å². The maximum atomic E-state index is 11.4. The minimum atomic E-state index is -3.62. The van der Waals surface area contributed by atoms with E-state index in [1.54, 1.807) is 0 Å². The van der Waals surface area contributed by atoms with E-state index in [1.807, 2.05) is 30.3 Å². The van der Waals surface area contributed by atoms with Gasteiger partial charge in [-0.2, -0.15) is 0 Å². The Balaban J connectivity index is 1.77. The highest BCUT2D eigenvalue weighted by molar-refractivity contribution is 7.90. The molecule has 104 valence electrons. The van der Waals surface area contributed by atoms with Crippen molar-refractivity contribution in [2.45, 2.75) is 24.2 Å². The second-order valence-electron chi connectivity index (χ2n) is 4.64. The fourth-order valence-electron chi connectivity index (χ4n) is 1.71. The third-order valence-electron chi connectivity index (χ3n) is 3.18. The average Bonchev–Trinajstić information content (AvgIpc) is 3.16. The van der Waals surface area contributed by atoms with Gasteiger partial charge in [-0.15, -0.1) is 0 Å². The molecule has 6 nitrogen and oxygen atoms in total. The predicted molar refractivity (Wildman–Crippen MR) is 69.7 cm³/mol. The molecule has 7 heteroatoms. The molecule has 1 fully saturated rings. The predicted octanol–water partition coefficient (Wildman–Crippen LogP) is 0.734. The summed E-state index contributed by atoms with van der Waals surface area (Å²) >= 11 is 0. The SMILES string of the molecule is NS(=O)(=O)C1(CNC(=O)OCc2ccccc2)CC1. The molecule has 3 N–H and O–H groups in total. The Bertz CT molecular complexity index is 552. The molecule has 0 aliphatic heterocycles. The van der Waals surface area contributed by atoms with Crippen molar-refractivity contribution in [1.29, 1.82) is 0 Å². The van der Waals surface area contributed by atoms with Crippen LogP contribution in [0.1, 0.15) is 18.4 Å². The van der Waals surface area contributed by atoms with E-state index in [0.29, 0.717) is 12.8 Å². The fraction of sp³-hybridized carbons (Fsp3) is 0.417. The maximum Gasteiger partial charge on any atom is 0.407 e. The van der Waals surface area contributed by atoms with Crippen molar-refractivity contribution in [3.05, 3.63) is 35.9 Å². The van der Waals surface area contributed by atoms with E-state index in [2.05, 4.69) is 5.32 Å². The molecule has 1 aromatic carbocycles. The summed E-state index contributed by atoms with van der Waals surface area (Å²) in [5.41, 5.74) is 0.866. The number of ether oxygens (including phenoxy) is 1. The number of carbonyl (C=O) groups excluding carboxylic acids is 1. The van der Waals surface area contributed by atoms with E-state index in [9.17, 15) is 13.2 Å². The first-order chi connectivity index (χ1) is 8.93. The van der Waals surface area contributed by atoms with Crippen LogP contribution in [0.4, 0.5) is 4.79 Å². The summed E-state index contributed by atoms with van der Waals surface area (Å²) < 4.78 is 26.6. The van der Waals surface area contributed by atoms with E-state index >= 15 is 0 Å². The lowest BCUT2D eigenvalue weighted by Crippen LogP contribution is -2.41. The zero-order valence-corrected chi connectivity index (χ0v) is 11.2. The molecule has 0 unspecified atom stereocenters. The number of alkyl carbamates (subject to hydrolysis) is 1. The van der Waals surface area contributed by atoms with Crippen molar-refractivity contribution in [2.24, 2.45) is 5.14 Å². The Morgan fingerprint density at radius 2 is 1.95 bits per heavy atom. The number of amides is 1. The average molecular weight is 284 g/mol. The molecule has 0 saturated heterocycles. The van der Waals surface area contributed by atoms with Crippen molar-refractivity contribution in [3.63, 3.8) is 0 Å². The highest BCUT2D eigenvalue weighted by Gasteiger charge is 2.53. The Morgan fingerprint density at radius 3 is 2.47 bits per heavy atom. The molecule has 0 spiro atoms. The normalized spacial score (nSPS) is 16.7. The van der Waals surface area contributed by atoms with E-state index in [0.717, 1.165) is 5.56 Å². The van der Waals surface area contributed by atoms with Crippen LogP contribution >= 0.6 is 0 Å². The van der Waals surface area contributed by atoms with Crippen molar-refractivity contribution in [2.75, 3.05) is 6.54 Å². The van der Waals surface area contributed by atoms with Gasteiger partial charge in [-0.3, -0.25) is 0 Å². The van der Waals surface area contributed by atoms with Crippen LogP contribution in [0.3, 0.4) is 0 Å². The van der Waals surface area contributed by atoms with Gasteiger partial charge < -0.3 is 10.1 Å². The smallest absolute Gasteiger partial charge is 0.407 e. The minimum absolute atomic E-state index is 0.000539. The molecule has 0 radical (unpaired) electrons. The number of benzene rings is 1. The molecule has 19 heavy (non-hydrogen) atoms. The van der Waals surface area contributed by atoms with E-state index < -0.39 is 20.9 Å². The summed E-state index contributed by atoms with van der Waals surface area (Å²) in [6.07, 6.45) is 0.314. The van der Waals surface area contributed by atoms with Crippen LogP contribution in [0, 0.1) is 0 Å². The van der Waals surface area contributed by atoms with Crippen LogP contribution in [0.15, 0.2) is 30.3 Å². The van der Waals surface area contributed by atoms with E-state index in [-0.39, 0.29) is 13.2 Å². The molecular weight excluding hydrogens is 268 g/mol. The van der Waals surface area contributed by atoms with Gasteiger partial charge in [0.2, 0.25) is 10.0 Å². The van der Waals surface area contributed by atoms with Crippen LogP contribution in [0.5, 0.6) is 0 Å². The molecule has 1 aliphatic rings. The monoisotopic (exact) mass is 284 g/mol. The fourth-order valence-corrected chi connectivity index (χ4v) is 2.65. The molecule has 1 aromatic rings. The van der Waals surface area contributed by atoms with Gasteiger partial charge in [-0.05, 0) is 18.4 Å². The van der Waals surface area contributed by atoms with Gasteiger partial charge in [0.1, 0.15) is 11.4 Å². The zero-order valence-electron chi connectivity index (χ0n) is 10.3. The zero-order chi connectivity index (χ0) is 13.9. The van der Waals surface area contributed by atoms with Gasteiger partial charge in [0.25, 0.3) is 0 Å². The Hall–Kier alpha value is -1.60. The third kappa shape index (κ3) is 3.45. The van der Waals surface area contributed by atoms with Gasteiger partial charge >= 0.3 is 6.09 Å². The Kier molecular flexibility index (Phi) is 3.77. The van der Waals surface area contributed by atoms with E-state index in [4.69, 9.17) is 9.88 Å². The quantitative estimate of drug-likeness (QED) is 0.832. The van der Waals surface area contributed by atoms with Crippen molar-refractivity contribution in [3.8, 4) is 0 Å². The first kappa shape index (κ1) is 13.8. The Labute approximate surface area is 112 Å². The van der Waals surface area contributed by atoms with Crippen molar-refractivity contribution < 1.29 is 17.9 Å². The van der Waals surface area contributed by atoms with Crippen LogP contribution in [-0.2, 0) is 21.4 Å². The maximum absolute atomic E-state index is 11.4. The van der Waals surface area contributed by atoms with Crippen molar-refractivity contribution in [1.82, 2.24) is 5.32 Å². The second kappa shape index (κ2) is 5.18. The lowest BCUT2D eigenvalue weighted by Gasteiger charge is -2.13. The number of hydrogen-bond donors (Lipinski definition) is 2. The lowest BCUT2D eigenvalue weighted by atomic mass is 10.2. The minimum Gasteiger partial charge on any atom is -0.445 e. The number of nitrogens with two attached hydrogens (primary N) is 1. The van der Waals surface area contributed by atoms with Gasteiger partial charge in [0.05, 0.1) is 0 Å². The van der Waals surface area contributed by atoms with Crippen molar-refractivity contribution >= 4 is 16.1 Å². The number of sulfonamides is 1. The molecule has 0 bridgehead atoms. The summed E-state index contributed by atoms with van der Waals surface area (Å²) in [7, 11) is -3.62. The third-order valence-corrected chi connectivity index (χ3v) is 4.94. The summed E-state index contributed by atoms with van der Waals surface area (Å²) in [6, 6.07) is 9.22. The molecule has 1 aliphatic carbocycles. The molecule has 0 heterocycles. The standard InChI is InChI=1S/C12H16N2O4S/c13-19(16,17)12(6-7-12)9-14-11(15)18-8-10-4-2-1-3-5-10/h1-5H,6-9H2,(H,14,15)(H2,13,16,17). The van der Waals surface area contributed by atoms with Gasteiger partial charge in [-0.1, -0.05) is 30.3 Å². The largest absolute Gasteiger partial charge is 0.445 e. The first-order valence-corrected chi connectivity index (χ1v) is 7.44. The topological polar surface area (TPSA) is 98.5 Å².